The highest BCUT2D eigenvalue weighted by molar-refractivity contribution is 9.10. The van der Waals surface area contributed by atoms with Gasteiger partial charge in [-0.3, -0.25) is 4.98 Å². The highest BCUT2D eigenvalue weighted by Crippen LogP contribution is 2.36. The molecule has 2 rings (SSSR count). The third-order valence-corrected chi connectivity index (χ3v) is 3.87. The van der Waals surface area contributed by atoms with E-state index in [1.165, 1.54) is 25.7 Å². The third kappa shape index (κ3) is 2.17. The Balaban J connectivity index is 2.32. The summed E-state index contributed by atoms with van der Waals surface area (Å²) in [6, 6.07) is 0.644. The molecule has 1 heterocycles. The van der Waals surface area contributed by atoms with Gasteiger partial charge in [0.05, 0.1) is 22.0 Å². The van der Waals surface area contributed by atoms with E-state index in [0.717, 1.165) is 22.4 Å². The predicted octanol–water partition coefficient (Wildman–Crippen LogP) is 3.20. The van der Waals surface area contributed by atoms with Crippen LogP contribution in [-0.4, -0.2) is 17.6 Å². The molecule has 1 saturated carbocycles. The number of aromatic nitrogens is 1. The van der Waals surface area contributed by atoms with E-state index < -0.39 is 0 Å². The van der Waals surface area contributed by atoms with Gasteiger partial charge < -0.3 is 10.6 Å². The van der Waals surface area contributed by atoms with Gasteiger partial charge in [-0.05, 0) is 35.7 Å². The molecule has 1 fully saturated rings. The van der Waals surface area contributed by atoms with Crippen LogP contribution in [0, 0.1) is 0 Å². The maximum Gasteiger partial charge on any atom is 0.0778 e. The Morgan fingerprint density at radius 3 is 2.69 bits per heavy atom. The van der Waals surface area contributed by atoms with Crippen LogP contribution in [0.4, 0.5) is 11.4 Å². The second-order valence-electron chi connectivity index (χ2n) is 4.28. The van der Waals surface area contributed by atoms with E-state index in [2.05, 4.69) is 32.7 Å². The monoisotopic (exact) mass is 283 g/mol. The summed E-state index contributed by atoms with van der Waals surface area (Å²) in [7, 11) is 0. The fraction of sp³-hybridized carbons (Fsp3) is 0.583. The van der Waals surface area contributed by atoms with Gasteiger partial charge in [0.1, 0.15) is 0 Å². The standard InChI is InChI=1S/C12H18BrN3/c1-2-16(9-5-3-4-6-9)12-10(13)7-15-8-11(12)14/h7-9H,2-6,14H2,1H3. The molecule has 0 bridgehead atoms. The molecular weight excluding hydrogens is 266 g/mol. The van der Waals surface area contributed by atoms with E-state index in [1.807, 2.05) is 6.20 Å². The van der Waals surface area contributed by atoms with Crippen LogP contribution >= 0.6 is 15.9 Å². The van der Waals surface area contributed by atoms with Crippen molar-refractivity contribution >= 4 is 27.3 Å². The average Bonchev–Trinajstić information content (AvgIpc) is 2.77. The molecule has 4 heteroatoms. The maximum absolute atomic E-state index is 6.03. The molecule has 0 radical (unpaired) electrons. The SMILES string of the molecule is CCN(c1c(N)cncc1Br)C1CCCC1. The van der Waals surface area contributed by atoms with E-state index in [4.69, 9.17) is 5.73 Å². The van der Waals surface area contributed by atoms with Crippen molar-refractivity contribution in [3.63, 3.8) is 0 Å². The number of halogens is 1. The molecule has 0 atom stereocenters. The first-order valence-corrected chi connectivity index (χ1v) is 6.69. The molecule has 16 heavy (non-hydrogen) atoms. The lowest BCUT2D eigenvalue weighted by Crippen LogP contribution is -2.33. The van der Waals surface area contributed by atoms with Crippen LogP contribution in [0.15, 0.2) is 16.9 Å². The van der Waals surface area contributed by atoms with Gasteiger partial charge in [-0.1, -0.05) is 12.8 Å². The number of hydrogen-bond donors (Lipinski definition) is 1. The molecular formula is C12H18BrN3. The summed E-state index contributed by atoms with van der Waals surface area (Å²) in [5.74, 6) is 0. The third-order valence-electron chi connectivity index (χ3n) is 3.29. The Morgan fingerprint density at radius 1 is 1.44 bits per heavy atom. The number of pyridine rings is 1. The summed E-state index contributed by atoms with van der Waals surface area (Å²) in [4.78, 5) is 6.50. The van der Waals surface area contributed by atoms with Crippen molar-refractivity contribution in [2.45, 2.75) is 38.6 Å². The van der Waals surface area contributed by atoms with E-state index >= 15 is 0 Å². The van der Waals surface area contributed by atoms with Crippen molar-refractivity contribution in [2.24, 2.45) is 0 Å². The predicted molar refractivity (Wildman–Crippen MR) is 71.6 cm³/mol. The molecule has 0 saturated heterocycles. The molecule has 1 aromatic heterocycles. The van der Waals surface area contributed by atoms with Crippen LogP contribution in [-0.2, 0) is 0 Å². The number of rotatable bonds is 3. The zero-order valence-electron chi connectivity index (χ0n) is 9.62. The largest absolute Gasteiger partial charge is 0.396 e. The minimum atomic E-state index is 0.644. The van der Waals surface area contributed by atoms with Gasteiger partial charge in [-0.2, -0.15) is 0 Å². The topological polar surface area (TPSA) is 42.1 Å². The summed E-state index contributed by atoms with van der Waals surface area (Å²) < 4.78 is 1.00. The molecule has 0 aromatic carbocycles. The lowest BCUT2D eigenvalue weighted by Gasteiger charge is -2.31. The van der Waals surface area contributed by atoms with Gasteiger partial charge in [0.15, 0.2) is 0 Å². The highest BCUT2D eigenvalue weighted by Gasteiger charge is 2.24. The fourth-order valence-electron chi connectivity index (χ4n) is 2.56. The Morgan fingerprint density at radius 2 is 2.12 bits per heavy atom. The van der Waals surface area contributed by atoms with E-state index in [-0.39, 0.29) is 0 Å². The van der Waals surface area contributed by atoms with Crippen molar-refractivity contribution in [1.29, 1.82) is 0 Å². The molecule has 3 nitrogen and oxygen atoms in total. The van der Waals surface area contributed by atoms with Gasteiger partial charge in [-0.25, -0.2) is 0 Å². The number of nitrogen functional groups attached to an aromatic ring is 1. The second-order valence-corrected chi connectivity index (χ2v) is 5.14. The van der Waals surface area contributed by atoms with Crippen LogP contribution in [0.3, 0.4) is 0 Å². The molecule has 1 aliphatic rings. The van der Waals surface area contributed by atoms with Crippen LogP contribution in [0.1, 0.15) is 32.6 Å². The number of anilines is 2. The first-order valence-electron chi connectivity index (χ1n) is 5.89. The molecule has 0 amide bonds. The minimum Gasteiger partial charge on any atom is -0.396 e. The quantitative estimate of drug-likeness (QED) is 0.926. The van der Waals surface area contributed by atoms with Crippen molar-refractivity contribution in [3.05, 3.63) is 16.9 Å². The fourth-order valence-corrected chi connectivity index (χ4v) is 3.14. The lowest BCUT2D eigenvalue weighted by atomic mass is 10.2. The van der Waals surface area contributed by atoms with Crippen LogP contribution in [0.25, 0.3) is 0 Å². The zero-order valence-corrected chi connectivity index (χ0v) is 11.2. The normalized spacial score (nSPS) is 16.6. The van der Waals surface area contributed by atoms with Crippen LogP contribution in [0.2, 0.25) is 0 Å². The average molecular weight is 284 g/mol. The minimum absolute atomic E-state index is 0.644. The molecule has 0 unspecified atom stereocenters. The van der Waals surface area contributed by atoms with E-state index in [9.17, 15) is 0 Å². The highest BCUT2D eigenvalue weighted by atomic mass is 79.9. The first kappa shape index (κ1) is 11.7. The summed E-state index contributed by atoms with van der Waals surface area (Å²) in [6.07, 6.45) is 8.79. The Labute approximate surface area is 105 Å². The molecule has 88 valence electrons. The summed E-state index contributed by atoms with van der Waals surface area (Å²) >= 11 is 3.55. The van der Waals surface area contributed by atoms with Crippen LogP contribution in [0.5, 0.6) is 0 Å². The second kappa shape index (κ2) is 5.04. The Hall–Kier alpha value is -0.770. The summed E-state index contributed by atoms with van der Waals surface area (Å²) in [5.41, 5.74) is 7.91. The van der Waals surface area contributed by atoms with Gasteiger partial charge in [0.25, 0.3) is 0 Å². The van der Waals surface area contributed by atoms with Gasteiger partial charge in [-0.15, -0.1) is 0 Å². The van der Waals surface area contributed by atoms with Gasteiger partial charge in [0, 0.05) is 18.8 Å². The van der Waals surface area contributed by atoms with Gasteiger partial charge in [0.2, 0.25) is 0 Å². The Bertz CT molecular complexity index is 341. The van der Waals surface area contributed by atoms with Crippen molar-refractivity contribution in [3.8, 4) is 0 Å². The summed E-state index contributed by atoms with van der Waals surface area (Å²) in [6.45, 7) is 3.18. The summed E-state index contributed by atoms with van der Waals surface area (Å²) in [5, 5.41) is 0. The lowest BCUT2D eigenvalue weighted by molar-refractivity contribution is 0.619. The molecule has 0 spiro atoms. The Kier molecular flexibility index (Phi) is 3.69. The molecule has 0 aliphatic heterocycles. The van der Waals surface area contributed by atoms with Crippen molar-refractivity contribution < 1.29 is 0 Å². The zero-order chi connectivity index (χ0) is 11.5. The van der Waals surface area contributed by atoms with E-state index in [0.29, 0.717) is 6.04 Å². The maximum atomic E-state index is 6.03. The van der Waals surface area contributed by atoms with Crippen molar-refractivity contribution in [1.82, 2.24) is 4.98 Å². The van der Waals surface area contributed by atoms with Crippen molar-refractivity contribution in [2.75, 3.05) is 17.2 Å². The smallest absolute Gasteiger partial charge is 0.0778 e. The molecule has 2 N–H and O–H groups in total. The molecule has 1 aromatic rings. The number of nitrogens with zero attached hydrogens (tertiary/aromatic N) is 2. The number of nitrogens with two attached hydrogens (primary N) is 1. The van der Waals surface area contributed by atoms with E-state index in [1.54, 1.807) is 6.20 Å². The first-order chi connectivity index (χ1) is 7.74. The molecule has 1 aliphatic carbocycles. The van der Waals surface area contributed by atoms with Gasteiger partial charge >= 0.3 is 0 Å². The van der Waals surface area contributed by atoms with Crippen LogP contribution < -0.4 is 10.6 Å². The number of hydrogen-bond acceptors (Lipinski definition) is 3.